The molecule has 1 heterocycles. The van der Waals surface area contributed by atoms with Gasteiger partial charge in [-0.1, -0.05) is 24.8 Å². The minimum Gasteiger partial charge on any atom is -0.489 e. The summed E-state index contributed by atoms with van der Waals surface area (Å²) in [6, 6.07) is 0. The third-order valence-electron chi connectivity index (χ3n) is 1.35. The predicted molar refractivity (Wildman–Crippen MR) is 47.1 cm³/mol. The third-order valence-corrected chi connectivity index (χ3v) is 1.35. The first-order valence-corrected chi connectivity index (χ1v) is 3.56. The van der Waals surface area contributed by atoms with Crippen LogP contribution >= 0.6 is 0 Å². The normalized spacial score (nSPS) is 20.1. The van der Waals surface area contributed by atoms with Crippen molar-refractivity contribution in [2.45, 2.75) is 6.92 Å². The Morgan fingerprint density at radius 2 is 2.45 bits per heavy atom. The van der Waals surface area contributed by atoms with Crippen molar-refractivity contribution in [1.82, 2.24) is 0 Å². The van der Waals surface area contributed by atoms with E-state index >= 15 is 0 Å². The monoisotopic (exact) mass is 148 g/mol. The van der Waals surface area contributed by atoms with Gasteiger partial charge in [0.15, 0.2) is 0 Å². The minimum atomic E-state index is 0.637. The van der Waals surface area contributed by atoms with E-state index in [0.717, 1.165) is 16.9 Å². The van der Waals surface area contributed by atoms with Crippen LogP contribution in [0.2, 0.25) is 0 Å². The number of rotatable bonds is 1. The molecule has 0 unspecified atom stereocenters. The molecule has 0 spiro atoms. The van der Waals surface area contributed by atoms with Gasteiger partial charge in [0, 0.05) is 5.57 Å². The molecule has 0 aromatic rings. The van der Waals surface area contributed by atoms with Crippen LogP contribution in [0.3, 0.4) is 0 Å². The van der Waals surface area contributed by atoms with Crippen LogP contribution in [0.4, 0.5) is 0 Å². The second-order valence-electron chi connectivity index (χ2n) is 2.59. The molecule has 0 aromatic heterocycles. The topological polar surface area (TPSA) is 9.23 Å². The third kappa shape index (κ3) is 2.11. The molecule has 0 radical (unpaired) electrons. The van der Waals surface area contributed by atoms with Gasteiger partial charge >= 0.3 is 0 Å². The molecule has 0 N–H and O–H groups in total. The summed E-state index contributed by atoms with van der Waals surface area (Å²) < 4.78 is 5.31. The van der Waals surface area contributed by atoms with Gasteiger partial charge in [-0.2, -0.15) is 0 Å². The Morgan fingerprint density at radius 1 is 1.73 bits per heavy atom. The van der Waals surface area contributed by atoms with Crippen LogP contribution in [0.25, 0.3) is 0 Å². The van der Waals surface area contributed by atoms with Crippen molar-refractivity contribution in [3.05, 3.63) is 48.3 Å². The van der Waals surface area contributed by atoms with Crippen LogP contribution in [-0.4, -0.2) is 6.61 Å². The number of hydrogen-bond donors (Lipinski definition) is 0. The van der Waals surface area contributed by atoms with E-state index in [1.165, 1.54) is 0 Å². The molecule has 0 atom stereocenters. The zero-order valence-electron chi connectivity index (χ0n) is 6.76. The van der Waals surface area contributed by atoms with E-state index < -0.39 is 0 Å². The van der Waals surface area contributed by atoms with E-state index in [1.807, 2.05) is 25.2 Å². The van der Waals surface area contributed by atoms with Crippen LogP contribution in [-0.2, 0) is 4.74 Å². The Bertz CT molecular complexity index is 244. The summed E-state index contributed by atoms with van der Waals surface area (Å²) in [6.07, 6.45) is 5.79. The molecule has 0 aliphatic carbocycles. The van der Waals surface area contributed by atoms with Gasteiger partial charge in [-0.15, -0.1) is 0 Å². The highest BCUT2D eigenvalue weighted by Gasteiger charge is 2.03. The van der Waals surface area contributed by atoms with Crippen molar-refractivity contribution in [2.75, 3.05) is 6.61 Å². The van der Waals surface area contributed by atoms with Crippen LogP contribution in [0, 0.1) is 0 Å². The Balaban J connectivity index is 2.81. The molecular weight excluding hydrogens is 136 g/mol. The predicted octanol–water partition coefficient (Wildman–Crippen LogP) is 2.59. The number of hydrogen-bond acceptors (Lipinski definition) is 1. The molecule has 58 valence electrons. The van der Waals surface area contributed by atoms with E-state index in [9.17, 15) is 0 Å². The maximum Gasteiger partial charge on any atom is 0.126 e. The van der Waals surface area contributed by atoms with Crippen molar-refractivity contribution in [3.63, 3.8) is 0 Å². The van der Waals surface area contributed by atoms with Crippen LogP contribution in [0.5, 0.6) is 0 Å². The Morgan fingerprint density at radius 3 is 3.00 bits per heavy atom. The van der Waals surface area contributed by atoms with Crippen molar-refractivity contribution in [2.24, 2.45) is 0 Å². The van der Waals surface area contributed by atoms with Crippen molar-refractivity contribution >= 4 is 0 Å². The van der Waals surface area contributed by atoms with E-state index in [2.05, 4.69) is 13.2 Å². The van der Waals surface area contributed by atoms with Gasteiger partial charge in [-0.3, -0.25) is 0 Å². The van der Waals surface area contributed by atoms with Crippen molar-refractivity contribution < 1.29 is 4.74 Å². The van der Waals surface area contributed by atoms with E-state index in [0.29, 0.717) is 6.61 Å². The fourth-order valence-electron chi connectivity index (χ4n) is 0.861. The molecule has 1 heteroatoms. The van der Waals surface area contributed by atoms with E-state index in [1.54, 1.807) is 0 Å². The van der Waals surface area contributed by atoms with E-state index in [4.69, 9.17) is 4.74 Å². The lowest BCUT2D eigenvalue weighted by molar-refractivity contribution is 0.252. The lowest BCUT2D eigenvalue weighted by Crippen LogP contribution is -1.99. The Labute approximate surface area is 67.4 Å². The van der Waals surface area contributed by atoms with Gasteiger partial charge < -0.3 is 4.74 Å². The molecule has 0 saturated carbocycles. The molecule has 1 rings (SSSR count). The van der Waals surface area contributed by atoms with E-state index in [-0.39, 0.29) is 0 Å². The summed E-state index contributed by atoms with van der Waals surface area (Å²) in [4.78, 5) is 0. The van der Waals surface area contributed by atoms with Crippen LogP contribution in [0.1, 0.15) is 6.92 Å². The first-order valence-electron chi connectivity index (χ1n) is 3.56. The largest absolute Gasteiger partial charge is 0.489 e. The summed E-state index contributed by atoms with van der Waals surface area (Å²) >= 11 is 0. The second-order valence-corrected chi connectivity index (χ2v) is 2.59. The Kier molecular flexibility index (Phi) is 2.32. The highest BCUT2D eigenvalue weighted by Crippen LogP contribution is 2.16. The lowest BCUT2D eigenvalue weighted by Gasteiger charge is -2.13. The summed E-state index contributed by atoms with van der Waals surface area (Å²) in [5.41, 5.74) is 1.90. The summed E-state index contributed by atoms with van der Waals surface area (Å²) in [6.45, 7) is 10.2. The average molecular weight is 148 g/mol. The minimum absolute atomic E-state index is 0.637. The highest BCUT2D eigenvalue weighted by atomic mass is 16.5. The van der Waals surface area contributed by atoms with Gasteiger partial charge in [0.25, 0.3) is 0 Å². The second kappa shape index (κ2) is 3.24. The quantitative estimate of drug-likeness (QED) is 0.555. The fraction of sp³-hybridized carbons (Fsp3) is 0.200. The molecule has 0 bridgehead atoms. The van der Waals surface area contributed by atoms with Gasteiger partial charge in [0.1, 0.15) is 12.4 Å². The standard InChI is InChI=1S/C10H12O/c1-8(2)7-10-9(3)5-4-6-11-10/h4-5,7H,1,3,6H2,2H3/b10-7+. The summed E-state index contributed by atoms with van der Waals surface area (Å²) in [5.74, 6) is 0.833. The number of ether oxygens (including phenoxy) is 1. The SMILES string of the molecule is C=C(C)/C=C1/OCC=CC1=C. The molecule has 1 aliphatic rings. The smallest absolute Gasteiger partial charge is 0.126 e. The summed E-state index contributed by atoms with van der Waals surface area (Å²) in [7, 11) is 0. The molecule has 11 heavy (non-hydrogen) atoms. The molecule has 1 nitrogen and oxygen atoms in total. The first kappa shape index (κ1) is 7.86. The molecular formula is C10H12O. The van der Waals surface area contributed by atoms with Gasteiger partial charge in [0.05, 0.1) is 0 Å². The van der Waals surface area contributed by atoms with Crippen LogP contribution < -0.4 is 0 Å². The number of allylic oxidation sites excluding steroid dienone is 3. The lowest BCUT2D eigenvalue weighted by atomic mass is 10.1. The molecule has 0 aromatic carbocycles. The zero-order chi connectivity index (χ0) is 8.27. The molecule has 0 saturated heterocycles. The van der Waals surface area contributed by atoms with Crippen LogP contribution in [0.15, 0.2) is 48.3 Å². The zero-order valence-corrected chi connectivity index (χ0v) is 6.76. The first-order chi connectivity index (χ1) is 5.20. The molecule has 0 amide bonds. The van der Waals surface area contributed by atoms with Gasteiger partial charge in [-0.05, 0) is 19.1 Å². The molecule has 0 fully saturated rings. The summed E-state index contributed by atoms with van der Waals surface area (Å²) in [5, 5.41) is 0. The fourth-order valence-corrected chi connectivity index (χ4v) is 0.861. The van der Waals surface area contributed by atoms with Crippen molar-refractivity contribution in [3.8, 4) is 0 Å². The average Bonchev–Trinajstić information content (AvgIpc) is 1.93. The maximum absolute atomic E-state index is 5.31. The molecule has 1 aliphatic heterocycles. The highest BCUT2D eigenvalue weighted by molar-refractivity contribution is 5.38. The van der Waals surface area contributed by atoms with Gasteiger partial charge in [-0.25, -0.2) is 0 Å². The van der Waals surface area contributed by atoms with Gasteiger partial charge in [0.2, 0.25) is 0 Å². The maximum atomic E-state index is 5.31. The van der Waals surface area contributed by atoms with Crippen molar-refractivity contribution in [1.29, 1.82) is 0 Å². The Hall–Kier alpha value is -1.24.